The summed E-state index contributed by atoms with van der Waals surface area (Å²) in [5, 5.41) is 10.00. The summed E-state index contributed by atoms with van der Waals surface area (Å²) in [6.45, 7) is 4.34. The fourth-order valence-electron chi connectivity index (χ4n) is 3.37. The van der Waals surface area contributed by atoms with Gasteiger partial charge in [-0.25, -0.2) is 9.42 Å². The van der Waals surface area contributed by atoms with E-state index in [1.165, 1.54) is 18.4 Å². The molecule has 1 aromatic carbocycles. The summed E-state index contributed by atoms with van der Waals surface area (Å²) in [7, 11) is 0. The van der Waals surface area contributed by atoms with E-state index in [1.807, 2.05) is 12.1 Å². The second-order valence-electron chi connectivity index (χ2n) is 7.22. The maximum absolute atomic E-state index is 12.6. The molecule has 29 heavy (non-hydrogen) atoms. The number of nitrogens with zero attached hydrogens (tertiary/aromatic N) is 4. The predicted molar refractivity (Wildman–Crippen MR) is 109 cm³/mol. The topological polar surface area (TPSA) is 118 Å². The van der Waals surface area contributed by atoms with Crippen molar-refractivity contribution in [3.63, 3.8) is 0 Å². The first kappa shape index (κ1) is 20.6. The van der Waals surface area contributed by atoms with Crippen molar-refractivity contribution in [3.05, 3.63) is 35.5 Å². The summed E-state index contributed by atoms with van der Waals surface area (Å²) >= 11 is 0. The van der Waals surface area contributed by atoms with Crippen molar-refractivity contribution in [3.8, 4) is 0 Å². The van der Waals surface area contributed by atoms with E-state index in [0.717, 1.165) is 12.1 Å². The number of anilines is 2. The summed E-state index contributed by atoms with van der Waals surface area (Å²) in [4.78, 5) is 28.6. The summed E-state index contributed by atoms with van der Waals surface area (Å²) in [5.74, 6) is -0.288. The van der Waals surface area contributed by atoms with Gasteiger partial charge in [-0.05, 0) is 53.7 Å². The summed E-state index contributed by atoms with van der Waals surface area (Å²) in [6, 6.07) is 7.91. The quantitative estimate of drug-likeness (QED) is 0.797. The zero-order valence-electron chi connectivity index (χ0n) is 16.8. The molecule has 2 heterocycles. The maximum Gasteiger partial charge on any atom is 0.321 e. The number of unbranched alkanes of at least 4 members (excludes halogenated alkanes) is 1. The standard InChI is InChI=1S/C20H28N6O3/c1-2-3-6-15-7-9-16(10-8-15)22-20(28)26-13-4-11-25(12-5-14-26)19(27)17-18(21)24-29-23-17/h7-10H,2-6,11-14H2,1H3,(H2,21,24)(H,22,28). The Kier molecular flexibility index (Phi) is 7.04. The number of rotatable bonds is 5. The van der Waals surface area contributed by atoms with Crippen LogP contribution in [0.4, 0.5) is 16.3 Å². The summed E-state index contributed by atoms with van der Waals surface area (Å²) in [5.41, 5.74) is 7.73. The van der Waals surface area contributed by atoms with Crippen molar-refractivity contribution in [2.24, 2.45) is 0 Å². The lowest BCUT2D eigenvalue weighted by molar-refractivity contribution is 0.0719. The van der Waals surface area contributed by atoms with E-state index in [-0.39, 0.29) is 23.5 Å². The molecular weight excluding hydrogens is 372 g/mol. The van der Waals surface area contributed by atoms with Gasteiger partial charge >= 0.3 is 6.03 Å². The SMILES string of the molecule is CCCCc1ccc(NC(=O)N2CCCN(C(=O)c3nonc3N)CCC2)cc1. The minimum absolute atomic E-state index is 0.00113. The van der Waals surface area contributed by atoms with Gasteiger partial charge in [-0.2, -0.15) is 0 Å². The molecule has 3 amide bonds. The Morgan fingerprint density at radius 2 is 1.72 bits per heavy atom. The number of nitrogen functional groups attached to an aromatic ring is 1. The van der Waals surface area contributed by atoms with Crippen LogP contribution in [0.25, 0.3) is 0 Å². The minimum Gasteiger partial charge on any atom is -0.379 e. The first-order valence-corrected chi connectivity index (χ1v) is 10.1. The number of benzene rings is 1. The van der Waals surface area contributed by atoms with Gasteiger partial charge in [0, 0.05) is 31.9 Å². The normalized spacial score (nSPS) is 14.9. The van der Waals surface area contributed by atoms with Gasteiger partial charge in [-0.15, -0.1) is 0 Å². The van der Waals surface area contributed by atoms with Gasteiger partial charge in [0.2, 0.25) is 11.5 Å². The van der Waals surface area contributed by atoms with E-state index < -0.39 is 0 Å². The van der Waals surface area contributed by atoms with Crippen molar-refractivity contribution in [1.82, 2.24) is 20.1 Å². The molecule has 0 atom stereocenters. The van der Waals surface area contributed by atoms with Crippen LogP contribution < -0.4 is 11.1 Å². The molecule has 3 rings (SSSR count). The molecule has 0 unspecified atom stereocenters. The van der Waals surface area contributed by atoms with Crippen molar-refractivity contribution < 1.29 is 14.2 Å². The van der Waals surface area contributed by atoms with Gasteiger partial charge in [0.15, 0.2) is 0 Å². The molecule has 1 aliphatic heterocycles. The molecule has 3 N–H and O–H groups in total. The monoisotopic (exact) mass is 400 g/mol. The van der Waals surface area contributed by atoms with E-state index >= 15 is 0 Å². The highest BCUT2D eigenvalue weighted by molar-refractivity contribution is 5.96. The minimum atomic E-state index is -0.287. The molecule has 156 valence electrons. The Labute approximate surface area is 170 Å². The van der Waals surface area contributed by atoms with E-state index in [4.69, 9.17) is 5.73 Å². The third-order valence-electron chi connectivity index (χ3n) is 5.03. The number of aryl methyl sites for hydroxylation is 1. The molecule has 1 fully saturated rings. The first-order chi connectivity index (χ1) is 14.1. The van der Waals surface area contributed by atoms with Crippen LogP contribution in [-0.2, 0) is 6.42 Å². The molecule has 1 saturated heterocycles. The highest BCUT2D eigenvalue weighted by atomic mass is 16.6. The van der Waals surface area contributed by atoms with Crippen LogP contribution >= 0.6 is 0 Å². The number of nitrogens with one attached hydrogen (secondary N) is 1. The maximum atomic E-state index is 12.6. The number of hydrogen-bond acceptors (Lipinski definition) is 6. The molecule has 1 aromatic heterocycles. The van der Waals surface area contributed by atoms with Crippen LogP contribution in [0.5, 0.6) is 0 Å². The highest BCUT2D eigenvalue weighted by Gasteiger charge is 2.25. The van der Waals surface area contributed by atoms with Crippen LogP contribution in [0, 0.1) is 0 Å². The zero-order valence-corrected chi connectivity index (χ0v) is 16.8. The Hall–Kier alpha value is -3.10. The lowest BCUT2D eigenvalue weighted by Gasteiger charge is -2.30. The fourth-order valence-corrected chi connectivity index (χ4v) is 3.37. The Morgan fingerprint density at radius 3 is 2.31 bits per heavy atom. The number of nitrogens with two attached hydrogens (primary N) is 1. The molecule has 1 aliphatic rings. The highest BCUT2D eigenvalue weighted by Crippen LogP contribution is 2.15. The molecule has 9 nitrogen and oxygen atoms in total. The molecule has 0 spiro atoms. The Bertz CT molecular complexity index is 810. The van der Waals surface area contributed by atoms with Crippen molar-refractivity contribution in [1.29, 1.82) is 0 Å². The largest absolute Gasteiger partial charge is 0.379 e. The number of carbonyl (C=O) groups excluding carboxylic acids is 2. The third-order valence-corrected chi connectivity index (χ3v) is 5.03. The molecular formula is C20H28N6O3. The van der Waals surface area contributed by atoms with Gasteiger partial charge in [0.05, 0.1) is 0 Å². The molecule has 2 aromatic rings. The third kappa shape index (κ3) is 5.46. The molecule has 0 saturated carbocycles. The molecule has 0 radical (unpaired) electrons. The fraction of sp³-hybridized carbons (Fsp3) is 0.500. The van der Waals surface area contributed by atoms with E-state index in [1.54, 1.807) is 9.80 Å². The Balaban J connectivity index is 1.50. The van der Waals surface area contributed by atoms with Crippen LogP contribution in [0.3, 0.4) is 0 Å². The van der Waals surface area contributed by atoms with Crippen LogP contribution in [0.2, 0.25) is 0 Å². The van der Waals surface area contributed by atoms with Gasteiger partial charge in [0.1, 0.15) is 0 Å². The van der Waals surface area contributed by atoms with E-state index in [0.29, 0.717) is 39.0 Å². The van der Waals surface area contributed by atoms with Crippen molar-refractivity contribution in [2.75, 3.05) is 37.2 Å². The lowest BCUT2D eigenvalue weighted by Crippen LogP contribution is -2.43. The van der Waals surface area contributed by atoms with Gasteiger partial charge in [-0.3, -0.25) is 4.79 Å². The van der Waals surface area contributed by atoms with Gasteiger partial charge in [-0.1, -0.05) is 25.5 Å². The second kappa shape index (κ2) is 9.90. The Morgan fingerprint density at radius 1 is 1.07 bits per heavy atom. The zero-order chi connectivity index (χ0) is 20.6. The second-order valence-corrected chi connectivity index (χ2v) is 7.22. The smallest absolute Gasteiger partial charge is 0.321 e. The average Bonchev–Trinajstić information content (AvgIpc) is 3.12. The van der Waals surface area contributed by atoms with Crippen LogP contribution in [0.15, 0.2) is 28.9 Å². The summed E-state index contributed by atoms with van der Waals surface area (Å²) in [6.07, 6.45) is 4.72. The van der Waals surface area contributed by atoms with E-state index in [2.05, 4.69) is 39.3 Å². The number of amides is 3. The van der Waals surface area contributed by atoms with Crippen LogP contribution in [-0.4, -0.2) is 58.2 Å². The van der Waals surface area contributed by atoms with Crippen LogP contribution in [0.1, 0.15) is 48.7 Å². The first-order valence-electron chi connectivity index (χ1n) is 10.1. The molecule has 0 bridgehead atoms. The summed E-state index contributed by atoms with van der Waals surface area (Å²) < 4.78 is 4.51. The predicted octanol–water partition coefficient (Wildman–Crippen LogP) is 2.76. The van der Waals surface area contributed by atoms with E-state index in [9.17, 15) is 9.59 Å². The van der Waals surface area contributed by atoms with Gasteiger partial charge in [0.25, 0.3) is 5.91 Å². The lowest BCUT2D eigenvalue weighted by atomic mass is 10.1. The number of carbonyl (C=O) groups is 2. The molecule has 0 aliphatic carbocycles. The molecule has 9 heteroatoms. The average molecular weight is 400 g/mol. The van der Waals surface area contributed by atoms with Gasteiger partial charge < -0.3 is 20.9 Å². The van der Waals surface area contributed by atoms with Crippen molar-refractivity contribution >= 4 is 23.4 Å². The number of hydrogen-bond donors (Lipinski definition) is 2. The van der Waals surface area contributed by atoms with Crippen molar-refractivity contribution in [2.45, 2.75) is 39.0 Å². The number of aromatic nitrogens is 2. The number of urea groups is 1.